The van der Waals surface area contributed by atoms with E-state index in [1.54, 1.807) is 0 Å². The summed E-state index contributed by atoms with van der Waals surface area (Å²) in [6, 6.07) is 4.10. The highest BCUT2D eigenvalue weighted by molar-refractivity contribution is 5.94. The Kier molecular flexibility index (Phi) is 3.95. The van der Waals surface area contributed by atoms with E-state index in [2.05, 4.69) is 10.1 Å². The summed E-state index contributed by atoms with van der Waals surface area (Å²) in [4.78, 5) is 11.2. The van der Waals surface area contributed by atoms with E-state index in [1.807, 2.05) is 0 Å². The highest BCUT2D eigenvalue weighted by Crippen LogP contribution is 2.23. The van der Waals surface area contributed by atoms with Gasteiger partial charge in [-0.3, -0.25) is 4.79 Å². The van der Waals surface area contributed by atoms with Crippen molar-refractivity contribution in [3.8, 4) is 5.75 Å². The summed E-state index contributed by atoms with van der Waals surface area (Å²) >= 11 is 0. The Morgan fingerprint density at radius 3 is 2.29 bits per heavy atom. The lowest BCUT2D eigenvalue weighted by Crippen LogP contribution is -2.32. The number of amides is 1. The van der Waals surface area contributed by atoms with Crippen molar-refractivity contribution in [1.29, 1.82) is 0 Å². The van der Waals surface area contributed by atoms with Gasteiger partial charge in [-0.15, -0.1) is 13.2 Å². The van der Waals surface area contributed by atoms with Crippen LogP contribution in [0.15, 0.2) is 24.3 Å². The Morgan fingerprint density at radius 1 is 1.35 bits per heavy atom. The fourth-order valence-corrected chi connectivity index (χ4v) is 0.996. The Balaban J connectivity index is 2.65. The maximum Gasteiger partial charge on any atom is 0.573 e. The molecule has 3 N–H and O–H groups in total. The summed E-state index contributed by atoms with van der Waals surface area (Å²) < 4.78 is 39.2. The number of carbonyl (C=O) groups is 1. The first-order chi connectivity index (χ1) is 7.78. The highest BCUT2D eigenvalue weighted by atomic mass is 19.4. The normalized spacial score (nSPS) is 13.0. The van der Waals surface area contributed by atoms with Crippen LogP contribution in [0.2, 0.25) is 0 Å². The van der Waals surface area contributed by atoms with Crippen LogP contribution in [-0.2, 0) is 4.79 Å². The van der Waals surface area contributed by atoms with Crippen molar-refractivity contribution in [2.24, 2.45) is 5.73 Å². The van der Waals surface area contributed by atoms with Gasteiger partial charge < -0.3 is 15.8 Å². The van der Waals surface area contributed by atoms with Gasteiger partial charge in [-0.1, -0.05) is 0 Å². The lowest BCUT2D eigenvalue weighted by atomic mass is 10.2. The summed E-state index contributed by atoms with van der Waals surface area (Å²) in [5, 5.41) is 2.43. The van der Waals surface area contributed by atoms with Crippen LogP contribution in [0, 0.1) is 0 Å². The summed E-state index contributed by atoms with van der Waals surface area (Å²) in [5.74, 6) is -0.772. The molecule has 0 aliphatic heterocycles. The molecule has 0 aromatic heterocycles. The van der Waals surface area contributed by atoms with E-state index >= 15 is 0 Å². The first-order valence-electron chi connectivity index (χ1n) is 4.70. The molecule has 4 nitrogen and oxygen atoms in total. The van der Waals surface area contributed by atoms with Gasteiger partial charge in [0.2, 0.25) is 5.91 Å². The van der Waals surface area contributed by atoms with Gasteiger partial charge in [-0.2, -0.15) is 0 Å². The smallest absolute Gasteiger partial charge is 0.406 e. The second-order valence-electron chi connectivity index (χ2n) is 3.35. The second-order valence-corrected chi connectivity index (χ2v) is 3.35. The number of hydrogen-bond acceptors (Lipinski definition) is 3. The minimum absolute atomic E-state index is 0.349. The number of anilines is 1. The molecule has 1 aromatic carbocycles. The van der Waals surface area contributed by atoms with Gasteiger partial charge in [-0.05, 0) is 31.2 Å². The Hall–Kier alpha value is -1.76. The molecule has 0 spiro atoms. The van der Waals surface area contributed by atoms with Crippen LogP contribution in [0.4, 0.5) is 18.9 Å². The van der Waals surface area contributed by atoms with Crippen molar-refractivity contribution in [3.05, 3.63) is 24.3 Å². The van der Waals surface area contributed by atoms with Gasteiger partial charge in [0.25, 0.3) is 0 Å². The summed E-state index contributed by atoms with van der Waals surface area (Å²) in [7, 11) is 0. The zero-order valence-electron chi connectivity index (χ0n) is 8.91. The van der Waals surface area contributed by atoms with E-state index in [9.17, 15) is 18.0 Å². The van der Waals surface area contributed by atoms with Crippen LogP contribution in [-0.4, -0.2) is 18.3 Å². The molecule has 0 aliphatic carbocycles. The Bertz CT molecular complexity index is 388. The predicted octanol–water partition coefficient (Wildman–Crippen LogP) is 1.87. The molecule has 94 valence electrons. The largest absolute Gasteiger partial charge is 0.573 e. The molecule has 0 heterocycles. The monoisotopic (exact) mass is 248 g/mol. The number of rotatable bonds is 3. The fourth-order valence-electron chi connectivity index (χ4n) is 0.996. The first kappa shape index (κ1) is 13.3. The lowest BCUT2D eigenvalue weighted by Gasteiger charge is -2.10. The molecule has 1 atom stereocenters. The Labute approximate surface area is 95.6 Å². The third-order valence-electron chi connectivity index (χ3n) is 1.77. The van der Waals surface area contributed by atoms with E-state index in [-0.39, 0.29) is 5.75 Å². The topological polar surface area (TPSA) is 64.4 Å². The van der Waals surface area contributed by atoms with Gasteiger partial charge in [0, 0.05) is 5.69 Å². The van der Waals surface area contributed by atoms with Crippen molar-refractivity contribution in [3.63, 3.8) is 0 Å². The standard InChI is InChI=1S/C10H11F3N2O2/c1-6(14)9(16)15-7-2-4-8(5-3-7)17-10(11,12)13/h2-6H,14H2,1H3,(H,15,16)/t6-/m1/s1. The number of hydrogen-bond donors (Lipinski definition) is 2. The minimum Gasteiger partial charge on any atom is -0.406 e. The molecule has 0 fully saturated rings. The number of alkyl halides is 3. The zero-order chi connectivity index (χ0) is 13.1. The maximum absolute atomic E-state index is 11.8. The fraction of sp³-hybridized carbons (Fsp3) is 0.300. The molecule has 0 unspecified atom stereocenters. The summed E-state index contributed by atoms with van der Waals surface area (Å²) in [6.45, 7) is 1.50. The number of nitrogens with two attached hydrogens (primary N) is 1. The summed E-state index contributed by atoms with van der Waals surface area (Å²) in [6.07, 6.45) is -4.73. The third-order valence-corrected chi connectivity index (χ3v) is 1.77. The van der Waals surface area contributed by atoms with Crippen molar-refractivity contribution in [2.45, 2.75) is 19.3 Å². The number of halogens is 3. The molecule has 0 aliphatic rings. The SMILES string of the molecule is C[C@@H](N)C(=O)Nc1ccc(OC(F)(F)F)cc1. The van der Waals surface area contributed by atoms with Gasteiger partial charge in [0.15, 0.2) is 0 Å². The van der Waals surface area contributed by atoms with E-state index < -0.39 is 18.3 Å². The van der Waals surface area contributed by atoms with Crippen LogP contribution < -0.4 is 15.8 Å². The molecule has 0 radical (unpaired) electrons. The molecule has 1 rings (SSSR count). The number of benzene rings is 1. The highest BCUT2D eigenvalue weighted by Gasteiger charge is 2.30. The molecular formula is C10H11F3N2O2. The van der Waals surface area contributed by atoms with Crippen LogP contribution in [0.25, 0.3) is 0 Å². The second kappa shape index (κ2) is 5.05. The average molecular weight is 248 g/mol. The molecule has 17 heavy (non-hydrogen) atoms. The quantitative estimate of drug-likeness (QED) is 0.858. The number of nitrogens with one attached hydrogen (secondary N) is 1. The van der Waals surface area contributed by atoms with E-state index in [0.29, 0.717) is 5.69 Å². The van der Waals surface area contributed by atoms with Crippen LogP contribution in [0.1, 0.15) is 6.92 Å². The van der Waals surface area contributed by atoms with Crippen molar-refractivity contribution < 1.29 is 22.7 Å². The predicted molar refractivity (Wildman–Crippen MR) is 55.4 cm³/mol. The minimum atomic E-state index is -4.73. The zero-order valence-corrected chi connectivity index (χ0v) is 8.91. The van der Waals surface area contributed by atoms with Crippen LogP contribution in [0.3, 0.4) is 0 Å². The van der Waals surface area contributed by atoms with Crippen LogP contribution >= 0.6 is 0 Å². The molecule has 1 aromatic rings. The molecule has 0 saturated carbocycles. The van der Waals surface area contributed by atoms with Crippen molar-refractivity contribution in [2.75, 3.05) is 5.32 Å². The van der Waals surface area contributed by atoms with E-state index in [4.69, 9.17) is 5.73 Å². The Morgan fingerprint density at radius 2 is 1.88 bits per heavy atom. The summed E-state index contributed by atoms with van der Waals surface area (Å²) in [5.41, 5.74) is 5.66. The van der Waals surface area contributed by atoms with Gasteiger partial charge in [-0.25, -0.2) is 0 Å². The average Bonchev–Trinajstić information content (AvgIpc) is 2.18. The maximum atomic E-state index is 11.8. The van der Waals surface area contributed by atoms with Crippen molar-refractivity contribution in [1.82, 2.24) is 0 Å². The van der Waals surface area contributed by atoms with Gasteiger partial charge in [0.1, 0.15) is 5.75 Å². The third kappa shape index (κ3) is 4.73. The van der Waals surface area contributed by atoms with E-state index in [0.717, 1.165) is 12.1 Å². The first-order valence-corrected chi connectivity index (χ1v) is 4.70. The molecule has 0 saturated heterocycles. The van der Waals surface area contributed by atoms with Crippen LogP contribution in [0.5, 0.6) is 5.75 Å². The number of carbonyl (C=O) groups excluding carboxylic acids is 1. The van der Waals surface area contributed by atoms with Gasteiger partial charge in [0.05, 0.1) is 6.04 Å². The molecular weight excluding hydrogens is 237 g/mol. The number of ether oxygens (including phenoxy) is 1. The molecule has 1 amide bonds. The van der Waals surface area contributed by atoms with E-state index in [1.165, 1.54) is 19.1 Å². The lowest BCUT2D eigenvalue weighted by molar-refractivity contribution is -0.274. The van der Waals surface area contributed by atoms with Crippen molar-refractivity contribution >= 4 is 11.6 Å². The molecule has 0 bridgehead atoms. The molecule has 7 heteroatoms. The van der Waals surface area contributed by atoms with Gasteiger partial charge >= 0.3 is 6.36 Å².